The van der Waals surface area contributed by atoms with Crippen molar-refractivity contribution in [2.24, 2.45) is 5.92 Å². The molecule has 0 radical (unpaired) electrons. The third kappa shape index (κ3) is 2.69. The second kappa shape index (κ2) is 5.07. The quantitative estimate of drug-likeness (QED) is 0.849. The molecule has 0 saturated heterocycles. The number of hydrogen-bond acceptors (Lipinski definition) is 1. The molecule has 1 saturated carbocycles. The summed E-state index contributed by atoms with van der Waals surface area (Å²) >= 11 is 11.8. The molecular weight excluding hydrogens is 245 g/mol. The molecule has 0 heterocycles. The van der Waals surface area contributed by atoms with Crippen molar-refractivity contribution in [1.82, 2.24) is 0 Å². The van der Waals surface area contributed by atoms with Crippen molar-refractivity contribution in [1.29, 1.82) is 0 Å². The lowest BCUT2D eigenvalue weighted by atomic mass is 10.1. The second-order valence-corrected chi connectivity index (χ2v) is 4.94. The molecule has 2 rings (SSSR count). The Morgan fingerprint density at radius 1 is 1.25 bits per heavy atom. The summed E-state index contributed by atoms with van der Waals surface area (Å²) in [5.41, 5.74) is 0.603. The summed E-state index contributed by atoms with van der Waals surface area (Å²) in [6.07, 6.45) is 4.23. The van der Waals surface area contributed by atoms with E-state index in [1.165, 1.54) is 0 Å². The normalized spacial score (nSPS) is 16.4. The van der Waals surface area contributed by atoms with Crippen molar-refractivity contribution in [2.45, 2.75) is 25.7 Å². The number of carbonyl (C=O) groups is 1. The third-order valence-electron chi connectivity index (χ3n) is 2.91. The van der Waals surface area contributed by atoms with E-state index in [2.05, 4.69) is 5.32 Å². The maximum absolute atomic E-state index is 11.9. The van der Waals surface area contributed by atoms with Gasteiger partial charge in [-0.2, -0.15) is 0 Å². The number of amides is 1. The molecule has 1 aromatic carbocycles. The van der Waals surface area contributed by atoms with Crippen molar-refractivity contribution in [3.63, 3.8) is 0 Å². The van der Waals surface area contributed by atoms with Gasteiger partial charge in [-0.15, -0.1) is 0 Å². The van der Waals surface area contributed by atoms with Gasteiger partial charge >= 0.3 is 0 Å². The van der Waals surface area contributed by atoms with Crippen molar-refractivity contribution < 1.29 is 4.79 Å². The monoisotopic (exact) mass is 257 g/mol. The smallest absolute Gasteiger partial charge is 0.227 e. The Bertz CT molecular complexity index is 400. The summed E-state index contributed by atoms with van der Waals surface area (Å²) in [5.74, 6) is 0.191. The van der Waals surface area contributed by atoms with Gasteiger partial charge in [-0.1, -0.05) is 36.0 Å². The van der Waals surface area contributed by atoms with Gasteiger partial charge in [0, 0.05) is 10.9 Å². The highest BCUT2D eigenvalue weighted by Crippen LogP contribution is 2.29. The minimum absolute atomic E-state index is 0.0571. The Labute approximate surface area is 105 Å². The highest BCUT2D eigenvalue weighted by molar-refractivity contribution is 6.35. The van der Waals surface area contributed by atoms with E-state index in [0.29, 0.717) is 15.7 Å². The van der Waals surface area contributed by atoms with Crippen LogP contribution in [0.1, 0.15) is 25.7 Å². The molecule has 1 fully saturated rings. The second-order valence-electron chi connectivity index (χ2n) is 4.09. The van der Waals surface area contributed by atoms with E-state index in [0.717, 1.165) is 25.7 Å². The average Bonchev–Trinajstić information content (AvgIpc) is 2.76. The lowest BCUT2D eigenvalue weighted by Gasteiger charge is -2.11. The lowest BCUT2D eigenvalue weighted by molar-refractivity contribution is -0.119. The van der Waals surface area contributed by atoms with Crippen LogP contribution in [0.3, 0.4) is 0 Å². The molecular formula is C12H13Cl2NO. The molecule has 0 atom stereocenters. The number of nitrogens with one attached hydrogen (secondary N) is 1. The zero-order valence-corrected chi connectivity index (χ0v) is 10.3. The van der Waals surface area contributed by atoms with Crippen molar-refractivity contribution >= 4 is 34.8 Å². The Kier molecular flexibility index (Phi) is 3.72. The average molecular weight is 258 g/mol. The van der Waals surface area contributed by atoms with E-state index in [4.69, 9.17) is 23.2 Å². The highest BCUT2D eigenvalue weighted by atomic mass is 35.5. The molecule has 1 aliphatic rings. The maximum Gasteiger partial charge on any atom is 0.227 e. The summed E-state index contributed by atoms with van der Waals surface area (Å²) in [7, 11) is 0. The molecule has 1 N–H and O–H groups in total. The van der Waals surface area contributed by atoms with Crippen molar-refractivity contribution in [2.75, 3.05) is 5.32 Å². The molecule has 0 unspecified atom stereocenters. The predicted octanol–water partition coefficient (Wildman–Crippen LogP) is 4.12. The van der Waals surface area contributed by atoms with Crippen LogP contribution in [0.15, 0.2) is 18.2 Å². The number of halogens is 2. The van der Waals surface area contributed by atoms with Crippen molar-refractivity contribution in [3.05, 3.63) is 28.2 Å². The van der Waals surface area contributed by atoms with Gasteiger partial charge in [0.15, 0.2) is 0 Å². The van der Waals surface area contributed by atoms with E-state index < -0.39 is 0 Å². The molecule has 0 spiro atoms. The largest absolute Gasteiger partial charge is 0.324 e. The van der Waals surface area contributed by atoms with Crippen molar-refractivity contribution in [3.8, 4) is 0 Å². The van der Waals surface area contributed by atoms with Crippen LogP contribution in [0.25, 0.3) is 0 Å². The summed E-state index contributed by atoms with van der Waals surface area (Å²) in [4.78, 5) is 11.9. The molecule has 86 valence electrons. The molecule has 0 aromatic heterocycles. The molecule has 1 aliphatic carbocycles. The topological polar surface area (TPSA) is 29.1 Å². The summed E-state index contributed by atoms with van der Waals surface area (Å²) in [6.45, 7) is 0. The number of hydrogen-bond donors (Lipinski definition) is 1. The van der Waals surface area contributed by atoms with E-state index >= 15 is 0 Å². The molecule has 1 amide bonds. The Morgan fingerprint density at radius 2 is 1.94 bits per heavy atom. The first-order valence-corrected chi connectivity index (χ1v) is 6.18. The van der Waals surface area contributed by atoms with Gasteiger partial charge in [-0.05, 0) is 31.0 Å². The molecule has 2 nitrogen and oxygen atoms in total. The SMILES string of the molecule is O=C(Nc1cc(Cl)ccc1Cl)C1CCCC1. The first kappa shape index (κ1) is 11.7. The molecule has 0 aliphatic heterocycles. The van der Waals surface area contributed by atoms with Crippen LogP contribution in [0, 0.1) is 5.92 Å². The fourth-order valence-corrected chi connectivity index (χ4v) is 2.35. The predicted molar refractivity (Wildman–Crippen MR) is 67.0 cm³/mol. The minimum atomic E-state index is 0.0571. The zero-order chi connectivity index (χ0) is 11.5. The van der Waals surface area contributed by atoms with Crippen LogP contribution < -0.4 is 5.32 Å². The van der Waals surface area contributed by atoms with Crippen LogP contribution in [-0.4, -0.2) is 5.91 Å². The molecule has 16 heavy (non-hydrogen) atoms. The molecule has 1 aromatic rings. The summed E-state index contributed by atoms with van der Waals surface area (Å²) in [5, 5.41) is 3.94. The summed E-state index contributed by atoms with van der Waals surface area (Å²) in [6, 6.07) is 5.07. The molecule has 4 heteroatoms. The van der Waals surface area contributed by atoms with Crippen LogP contribution in [0.2, 0.25) is 10.0 Å². The number of anilines is 1. The van der Waals surface area contributed by atoms with Gasteiger partial charge in [0.25, 0.3) is 0 Å². The minimum Gasteiger partial charge on any atom is -0.324 e. The lowest BCUT2D eigenvalue weighted by Crippen LogP contribution is -2.20. The Morgan fingerprint density at radius 3 is 2.62 bits per heavy atom. The van der Waals surface area contributed by atoms with Crippen LogP contribution in [-0.2, 0) is 4.79 Å². The first-order valence-electron chi connectivity index (χ1n) is 5.43. The fraction of sp³-hybridized carbons (Fsp3) is 0.417. The van der Waals surface area contributed by atoms with Gasteiger partial charge < -0.3 is 5.32 Å². The van der Waals surface area contributed by atoms with E-state index in [1.807, 2.05) is 0 Å². The van der Waals surface area contributed by atoms with Crippen LogP contribution in [0.5, 0.6) is 0 Å². The highest BCUT2D eigenvalue weighted by Gasteiger charge is 2.23. The van der Waals surface area contributed by atoms with Crippen LogP contribution in [0.4, 0.5) is 5.69 Å². The maximum atomic E-state index is 11.9. The standard InChI is InChI=1S/C12H13Cl2NO/c13-9-5-6-10(14)11(7-9)15-12(16)8-3-1-2-4-8/h5-8H,1-4H2,(H,15,16). The number of rotatable bonds is 2. The van der Waals surface area contributed by atoms with Gasteiger partial charge in [0.1, 0.15) is 0 Å². The van der Waals surface area contributed by atoms with Gasteiger partial charge in [0.05, 0.1) is 10.7 Å². The van der Waals surface area contributed by atoms with Crippen LogP contribution >= 0.6 is 23.2 Å². The number of carbonyl (C=O) groups excluding carboxylic acids is 1. The van der Waals surface area contributed by atoms with Gasteiger partial charge in [-0.3, -0.25) is 4.79 Å². The van der Waals surface area contributed by atoms with Gasteiger partial charge in [-0.25, -0.2) is 0 Å². The van der Waals surface area contributed by atoms with Gasteiger partial charge in [0.2, 0.25) is 5.91 Å². The summed E-state index contributed by atoms with van der Waals surface area (Å²) < 4.78 is 0. The first-order chi connectivity index (χ1) is 7.66. The molecule has 0 bridgehead atoms. The Balaban J connectivity index is 2.07. The zero-order valence-electron chi connectivity index (χ0n) is 8.80. The third-order valence-corrected chi connectivity index (χ3v) is 3.48. The fourth-order valence-electron chi connectivity index (χ4n) is 2.02. The number of benzene rings is 1. The van der Waals surface area contributed by atoms with E-state index in [1.54, 1.807) is 18.2 Å². The van der Waals surface area contributed by atoms with E-state index in [9.17, 15) is 4.79 Å². The van der Waals surface area contributed by atoms with E-state index in [-0.39, 0.29) is 11.8 Å². The Hall–Kier alpha value is -0.730.